The van der Waals surface area contributed by atoms with E-state index < -0.39 is 0 Å². The van der Waals surface area contributed by atoms with E-state index in [9.17, 15) is 9.59 Å². The minimum atomic E-state index is -0.0361. The predicted octanol–water partition coefficient (Wildman–Crippen LogP) is 5.48. The predicted molar refractivity (Wildman–Crippen MR) is 130 cm³/mol. The molecule has 4 saturated carbocycles. The third kappa shape index (κ3) is 5.08. The number of hydrogen-bond donors (Lipinski definition) is 2. The van der Waals surface area contributed by atoms with Crippen molar-refractivity contribution in [2.24, 2.45) is 17.8 Å². The summed E-state index contributed by atoms with van der Waals surface area (Å²) >= 11 is 1.49. The highest BCUT2D eigenvalue weighted by Gasteiger charge is 2.51. The molecule has 2 N–H and O–H groups in total. The van der Waals surface area contributed by atoms with Gasteiger partial charge in [-0.1, -0.05) is 23.8 Å². The van der Waals surface area contributed by atoms with Gasteiger partial charge in [0.15, 0.2) is 0 Å². The fourth-order valence-electron chi connectivity index (χ4n) is 7.08. The van der Waals surface area contributed by atoms with Gasteiger partial charge >= 0.3 is 0 Å². The Morgan fingerprint density at radius 1 is 1.00 bits per heavy atom. The molecule has 0 spiro atoms. The summed E-state index contributed by atoms with van der Waals surface area (Å²) in [6, 6.07) is 7.68. The number of benzene rings is 1. The van der Waals surface area contributed by atoms with E-state index >= 15 is 0 Å². The number of carbonyl (C=O) groups excluding carboxylic acids is 2. The van der Waals surface area contributed by atoms with Gasteiger partial charge in [-0.2, -0.15) is 0 Å². The van der Waals surface area contributed by atoms with Crippen molar-refractivity contribution in [3.05, 3.63) is 41.5 Å². The van der Waals surface area contributed by atoms with Crippen LogP contribution in [0.2, 0.25) is 0 Å². The highest BCUT2D eigenvalue weighted by atomic mass is 32.2. The van der Waals surface area contributed by atoms with Crippen LogP contribution >= 0.6 is 11.8 Å². The quantitative estimate of drug-likeness (QED) is 0.405. The molecule has 0 atom stereocenters. The Balaban J connectivity index is 1.13. The van der Waals surface area contributed by atoms with Crippen LogP contribution < -0.4 is 10.6 Å². The summed E-state index contributed by atoms with van der Waals surface area (Å²) in [6.07, 6.45) is 15.8. The summed E-state index contributed by atoms with van der Waals surface area (Å²) in [5.41, 5.74) is 2.20. The molecule has 5 aliphatic rings. The van der Waals surface area contributed by atoms with E-state index in [0.29, 0.717) is 17.9 Å². The molecule has 0 saturated heterocycles. The smallest absolute Gasteiger partial charge is 0.252 e. The minimum absolute atomic E-state index is 0.0361. The fraction of sp³-hybridized carbons (Fsp3) is 0.630. The molecule has 0 radical (unpaired) electrons. The molecule has 5 heteroatoms. The maximum absolute atomic E-state index is 12.9. The molecule has 0 unspecified atom stereocenters. The standard InChI is InChI=1S/C27H36N2O2S/c30-25(29-27-15-20-12-21(16-27)14-22(13-20)17-27)18-32-24-9-5-4-8-23(24)26(31)28-11-10-19-6-2-1-3-7-19/h4-6,8-9,20-22H,1-3,7,10-18H2,(H,28,31)(H,29,30). The summed E-state index contributed by atoms with van der Waals surface area (Å²) in [6.45, 7) is 0.677. The number of hydrogen-bond acceptors (Lipinski definition) is 3. The van der Waals surface area contributed by atoms with Gasteiger partial charge in [0.2, 0.25) is 5.91 Å². The molecule has 0 heterocycles. The molecule has 172 valence electrons. The average molecular weight is 453 g/mol. The number of carbonyl (C=O) groups is 2. The summed E-state index contributed by atoms with van der Waals surface area (Å²) < 4.78 is 0. The second-order valence-corrected chi connectivity index (χ2v) is 11.7. The first kappa shape index (κ1) is 22.1. The van der Waals surface area contributed by atoms with E-state index in [-0.39, 0.29) is 17.4 Å². The lowest BCUT2D eigenvalue weighted by atomic mass is 9.53. The molecule has 1 aromatic rings. The maximum Gasteiger partial charge on any atom is 0.252 e. The number of rotatable bonds is 8. The third-order valence-corrected chi connectivity index (χ3v) is 9.12. The van der Waals surface area contributed by atoms with E-state index in [1.165, 1.54) is 81.5 Å². The number of amides is 2. The molecular weight excluding hydrogens is 416 g/mol. The number of allylic oxidation sites excluding steroid dienone is 1. The summed E-state index contributed by atoms with van der Waals surface area (Å²) in [5.74, 6) is 2.93. The molecule has 0 aromatic heterocycles. The Morgan fingerprint density at radius 2 is 1.72 bits per heavy atom. The van der Waals surface area contributed by atoms with Gasteiger partial charge < -0.3 is 10.6 Å². The SMILES string of the molecule is O=C(CSc1ccccc1C(=O)NCCC1=CCCCC1)NC12CC3CC(CC(C3)C1)C2. The van der Waals surface area contributed by atoms with Crippen LogP contribution in [0.1, 0.15) is 81.0 Å². The molecule has 2 amide bonds. The van der Waals surface area contributed by atoms with E-state index in [0.717, 1.165) is 29.1 Å². The van der Waals surface area contributed by atoms with Crippen LogP contribution in [0, 0.1) is 17.8 Å². The first-order valence-electron chi connectivity index (χ1n) is 12.6. The van der Waals surface area contributed by atoms with Crippen LogP contribution in [0.5, 0.6) is 0 Å². The van der Waals surface area contributed by atoms with Crippen LogP contribution in [-0.4, -0.2) is 29.7 Å². The Bertz CT molecular complexity index is 858. The summed E-state index contributed by atoms with van der Waals surface area (Å²) in [5, 5.41) is 6.53. The topological polar surface area (TPSA) is 58.2 Å². The van der Waals surface area contributed by atoms with Crippen molar-refractivity contribution in [2.45, 2.75) is 81.1 Å². The van der Waals surface area contributed by atoms with Gasteiger partial charge in [-0.05, 0) is 101 Å². The summed E-state index contributed by atoms with van der Waals surface area (Å²) in [4.78, 5) is 26.6. The zero-order valence-corrected chi connectivity index (χ0v) is 19.9. The lowest BCUT2D eigenvalue weighted by Crippen LogP contribution is -2.60. The zero-order valence-electron chi connectivity index (χ0n) is 19.0. The van der Waals surface area contributed by atoms with Crippen LogP contribution in [0.3, 0.4) is 0 Å². The van der Waals surface area contributed by atoms with E-state index in [1.807, 2.05) is 24.3 Å². The van der Waals surface area contributed by atoms with Gasteiger partial charge in [0.1, 0.15) is 0 Å². The van der Waals surface area contributed by atoms with Crippen molar-refractivity contribution in [3.8, 4) is 0 Å². The van der Waals surface area contributed by atoms with Crippen LogP contribution in [0.25, 0.3) is 0 Å². The van der Waals surface area contributed by atoms with Crippen LogP contribution in [-0.2, 0) is 4.79 Å². The van der Waals surface area contributed by atoms with Gasteiger partial charge in [-0.3, -0.25) is 9.59 Å². The average Bonchev–Trinajstić information content (AvgIpc) is 2.77. The first-order chi connectivity index (χ1) is 15.6. The molecule has 4 bridgehead atoms. The van der Waals surface area contributed by atoms with Crippen LogP contribution in [0.15, 0.2) is 40.8 Å². The van der Waals surface area contributed by atoms with Crippen molar-refractivity contribution >= 4 is 23.6 Å². The maximum atomic E-state index is 12.9. The van der Waals surface area contributed by atoms with Gasteiger partial charge in [0, 0.05) is 17.0 Å². The Morgan fingerprint density at radius 3 is 2.41 bits per heavy atom. The van der Waals surface area contributed by atoms with Gasteiger partial charge in [-0.15, -0.1) is 11.8 Å². The molecule has 32 heavy (non-hydrogen) atoms. The zero-order chi connectivity index (χ0) is 22.0. The van der Waals surface area contributed by atoms with E-state index in [1.54, 1.807) is 0 Å². The second-order valence-electron chi connectivity index (χ2n) is 10.6. The fourth-order valence-corrected chi connectivity index (χ4v) is 7.93. The number of nitrogens with one attached hydrogen (secondary N) is 2. The first-order valence-corrected chi connectivity index (χ1v) is 13.6. The molecule has 4 nitrogen and oxygen atoms in total. The van der Waals surface area contributed by atoms with Gasteiger partial charge in [0.25, 0.3) is 5.91 Å². The van der Waals surface area contributed by atoms with Crippen molar-refractivity contribution in [2.75, 3.05) is 12.3 Å². The number of thioether (sulfide) groups is 1. The highest BCUT2D eigenvalue weighted by molar-refractivity contribution is 8.00. The van der Waals surface area contributed by atoms with E-state index in [4.69, 9.17) is 0 Å². The normalized spacial score (nSPS) is 30.6. The Kier molecular flexibility index (Phi) is 6.64. The molecule has 6 rings (SSSR count). The van der Waals surface area contributed by atoms with Crippen LogP contribution in [0.4, 0.5) is 0 Å². The largest absolute Gasteiger partial charge is 0.352 e. The molecule has 4 fully saturated rings. The monoisotopic (exact) mass is 452 g/mol. The highest BCUT2D eigenvalue weighted by Crippen LogP contribution is 2.55. The molecule has 1 aromatic carbocycles. The van der Waals surface area contributed by atoms with E-state index in [2.05, 4.69) is 16.7 Å². The second kappa shape index (κ2) is 9.62. The van der Waals surface area contributed by atoms with Crippen molar-refractivity contribution in [3.63, 3.8) is 0 Å². The minimum Gasteiger partial charge on any atom is -0.352 e. The third-order valence-electron chi connectivity index (χ3n) is 8.05. The molecular formula is C27H36N2O2S. The lowest BCUT2D eigenvalue weighted by molar-refractivity contribution is -0.124. The lowest BCUT2D eigenvalue weighted by Gasteiger charge is -2.56. The molecule has 5 aliphatic carbocycles. The van der Waals surface area contributed by atoms with Crippen molar-refractivity contribution in [1.82, 2.24) is 10.6 Å². The van der Waals surface area contributed by atoms with Gasteiger partial charge in [-0.25, -0.2) is 0 Å². The Hall–Kier alpha value is -1.75. The van der Waals surface area contributed by atoms with Gasteiger partial charge in [0.05, 0.1) is 11.3 Å². The van der Waals surface area contributed by atoms with Crippen molar-refractivity contribution in [1.29, 1.82) is 0 Å². The molecule has 0 aliphatic heterocycles. The summed E-state index contributed by atoms with van der Waals surface area (Å²) in [7, 11) is 0. The Labute approximate surface area is 196 Å². The van der Waals surface area contributed by atoms with Crippen molar-refractivity contribution < 1.29 is 9.59 Å².